The van der Waals surface area contributed by atoms with E-state index in [9.17, 15) is 4.39 Å². The molecule has 1 saturated heterocycles. The summed E-state index contributed by atoms with van der Waals surface area (Å²) < 4.78 is 24.8. The molecule has 2 aromatic rings. The monoisotopic (exact) mass is 275 g/mol. The van der Waals surface area contributed by atoms with Crippen LogP contribution in [-0.2, 0) is 9.47 Å². The normalized spacial score (nSPS) is 22.9. The highest BCUT2D eigenvalue weighted by atomic mass is 19.1. The van der Waals surface area contributed by atoms with Gasteiger partial charge in [0.1, 0.15) is 5.82 Å². The van der Waals surface area contributed by atoms with Crippen LogP contribution in [0.2, 0.25) is 0 Å². The minimum Gasteiger partial charge on any atom is -0.361 e. The molecule has 1 aromatic carbocycles. The van der Waals surface area contributed by atoms with E-state index in [0.29, 0.717) is 5.92 Å². The highest BCUT2D eigenvalue weighted by Crippen LogP contribution is 2.43. The first-order valence-electron chi connectivity index (χ1n) is 7.30. The maximum absolute atomic E-state index is 13.2. The third kappa shape index (κ3) is 1.95. The largest absolute Gasteiger partial charge is 0.361 e. The van der Waals surface area contributed by atoms with E-state index in [-0.39, 0.29) is 11.6 Å². The Morgan fingerprint density at radius 3 is 2.65 bits per heavy atom. The molecule has 2 fully saturated rings. The first-order chi connectivity index (χ1) is 9.76. The van der Waals surface area contributed by atoms with Gasteiger partial charge in [-0.2, -0.15) is 0 Å². The molecule has 1 spiro atoms. The van der Waals surface area contributed by atoms with Gasteiger partial charge in [-0.1, -0.05) is 0 Å². The van der Waals surface area contributed by atoms with Crippen molar-refractivity contribution in [2.75, 3.05) is 13.2 Å². The summed E-state index contributed by atoms with van der Waals surface area (Å²) in [5.41, 5.74) is 2.18. The lowest BCUT2D eigenvalue weighted by Crippen LogP contribution is -2.34. The minimum absolute atomic E-state index is 0.193. The summed E-state index contributed by atoms with van der Waals surface area (Å²) in [6, 6.07) is 4.98. The van der Waals surface area contributed by atoms with Crippen molar-refractivity contribution in [3.05, 3.63) is 35.8 Å². The molecule has 1 aromatic heterocycles. The van der Waals surface area contributed by atoms with Crippen molar-refractivity contribution in [2.45, 2.75) is 37.4 Å². The number of benzene rings is 1. The number of ether oxygens (including phenoxy) is 2. The molecule has 1 aliphatic carbocycles. The number of aromatic nitrogens is 1. The molecule has 0 radical (unpaired) electrons. The van der Waals surface area contributed by atoms with Gasteiger partial charge in [0, 0.05) is 29.9 Å². The second-order valence-electron chi connectivity index (χ2n) is 5.82. The smallest absolute Gasteiger partial charge is 0.168 e. The van der Waals surface area contributed by atoms with Gasteiger partial charge in [-0.25, -0.2) is 4.39 Å². The molecule has 2 aliphatic rings. The fourth-order valence-corrected chi connectivity index (χ4v) is 3.61. The number of H-pyrrole nitrogens is 1. The first-order valence-corrected chi connectivity index (χ1v) is 7.30. The van der Waals surface area contributed by atoms with Crippen LogP contribution in [0.4, 0.5) is 4.39 Å². The molecule has 0 bridgehead atoms. The van der Waals surface area contributed by atoms with E-state index in [1.807, 2.05) is 12.3 Å². The van der Waals surface area contributed by atoms with E-state index in [1.165, 1.54) is 11.6 Å². The van der Waals surface area contributed by atoms with Crippen LogP contribution in [0.5, 0.6) is 0 Å². The summed E-state index contributed by atoms with van der Waals surface area (Å²) in [7, 11) is 0. The Morgan fingerprint density at radius 2 is 1.90 bits per heavy atom. The Hall–Kier alpha value is -1.39. The standard InChI is InChI=1S/C16H18FNO2/c17-12-1-2-13-14(10-18-15(13)9-12)11-3-5-16(6-4-11)19-7-8-20-16/h1-2,9-11,18H,3-8H2. The molecular formula is C16H18FNO2. The number of nitrogens with one attached hydrogen (secondary N) is 1. The Kier molecular flexibility index (Phi) is 2.82. The molecule has 4 rings (SSSR count). The van der Waals surface area contributed by atoms with Crippen LogP contribution in [-0.4, -0.2) is 24.0 Å². The number of halogens is 1. The summed E-state index contributed by atoms with van der Waals surface area (Å²) in [5.74, 6) is 0.00299. The van der Waals surface area contributed by atoms with Crippen LogP contribution in [0.25, 0.3) is 10.9 Å². The lowest BCUT2D eigenvalue weighted by atomic mass is 9.81. The maximum Gasteiger partial charge on any atom is 0.168 e. The Labute approximate surface area is 117 Å². The zero-order valence-electron chi connectivity index (χ0n) is 11.3. The predicted octanol–water partition coefficient (Wildman–Crippen LogP) is 3.71. The Morgan fingerprint density at radius 1 is 1.15 bits per heavy atom. The fraction of sp³-hybridized carbons (Fsp3) is 0.500. The van der Waals surface area contributed by atoms with Crippen molar-refractivity contribution in [3.8, 4) is 0 Å². The summed E-state index contributed by atoms with van der Waals surface area (Å²) >= 11 is 0. The van der Waals surface area contributed by atoms with Gasteiger partial charge in [0.15, 0.2) is 5.79 Å². The van der Waals surface area contributed by atoms with E-state index in [2.05, 4.69) is 4.98 Å². The Bertz CT molecular complexity index is 620. The second-order valence-corrected chi connectivity index (χ2v) is 5.82. The van der Waals surface area contributed by atoms with Crippen molar-refractivity contribution < 1.29 is 13.9 Å². The number of fused-ring (bicyclic) bond motifs is 1. The molecule has 4 heteroatoms. The van der Waals surface area contributed by atoms with E-state index >= 15 is 0 Å². The van der Waals surface area contributed by atoms with Crippen LogP contribution in [0.1, 0.15) is 37.2 Å². The molecule has 106 valence electrons. The molecule has 2 heterocycles. The zero-order chi connectivity index (χ0) is 13.6. The van der Waals surface area contributed by atoms with Crippen LogP contribution in [0, 0.1) is 5.82 Å². The van der Waals surface area contributed by atoms with Gasteiger partial charge in [0.25, 0.3) is 0 Å². The number of aromatic amines is 1. The van der Waals surface area contributed by atoms with E-state index in [0.717, 1.165) is 49.8 Å². The van der Waals surface area contributed by atoms with E-state index < -0.39 is 0 Å². The van der Waals surface area contributed by atoms with Crippen molar-refractivity contribution in [3.63, 3.8) is 0 Å². The van der Waals surface area contributed by atoms with Gasteiger partial charge in [0.05, 0.1) is 13.2 Å². The number of hydrogen-bond acceptors (Lipinski definition) is 2. The van der Waals surface area contributed by atoms with Crippen LogP contribution in [0.3, 0.4) is 0 Å². The zero-order valence-corrected chi connectivity index (χ0v) is 11.3. The fourth-order valence-electron chi connectivity index (χ4n) is 3.61. The van der Waals surface area contributed by atoms with Gasteiger partial charge in [-0.05, 0) is 42.5 Å². The molecular weight excluding hydrogens is 257 g/mol. The van der Waals surface area contributed by atoms with Crippen molar-refractivity contribution in [1.82, 2.24) is 4.98 Å². The third-order valence-corrected chi connectivity index (χ3v) is 4.68. The molecule has 0 unspecified atom stereocenters. The van der Waals surface area contributed by atoms with Crippen LogP contribution >= 0.6 is 0 Å². The van der Waals surface area contributed by atoms with Crippen molar-refractivity contribution >= 4 is 10.9 Å². The molecule has 0 atom stereocenters. The number of hydrogen-bond donors (Lipinski definition) is 1. The first kappa shape index (κ1) is 12.4. The average Bonchev–Trinajstić information content (AvgIpc) is 3.07. The maximum atomic E-state index is 13.2. The Balaban J connectivity index is 1.58. The van der Waals surface area contributed by atoms with Gasteiger partial charge in [-0.3, -0.25) is 0 Å². The van der Waals surface area contributed by atoms with Gasteiger partial charge >= 0.3 is 0 Å². The van der Waals surface area contributed by atoms with Crippen molar-refractivity contribution in [1.29, 1.82) is 0 Å². The van der Waals surface area contributed by atoms with Gasteiger partial charge in [-0.15, -0.1) is 0 Å². The van der Waals surface area contributed by atoms with Crippen molar-refractivity contribution in [2.24, 2.45) is 0 Å². The predicted molar refractivity (Wildman–Crippen MR) is 74.1 cm³/mol. The average molecular weight is 275 g/mol. The minimum atomic E-state index is -0.311. The highest BCUT2D eigenvalue weighted by Gasteiger charge is 2.40. The second kappa shape index (κ2) is 4.57. The lowest BCUT2D eigenvalue weighted by Gasteiger charge is -2.35. The van der Waals surface area contributed by atoms with Gasteiger partial charge < -0.3 is 14.5 Å². The SMILES string of the molecule is Fc1ccc2c(C3CCC4(CC3)OCCO4)c[nH]c2c1. The molecule has 3 nitrogen and oxygen atoms in total. The third-order valence-electron chi connectivity index (χ3n) is 4.68. The molecule has 20 heavy (non-hydrogen) atoms. The summed E-state index contributed by atoms with van der Waals surface area (Å²) in [6.45, 7) is 1.44. The molecule has 0 amide bonds. The topological polar surface area (TPSA) is 34.2 Å². The van der Waals surface area contributed by atoms with E-state index in [1.54, 1.807) is 6.07 Å². The molecule has 1 saturated carbocycles. The van der Waals surface area contributed by atoms with Gasteiger partial charge in [0.2, 0.25) is 0 Å². The quantitative estimate of drug-likeness (QED) is 0.861. The van der Waals surface area contributed by atoms with Crippen LogP contribution < -0.4 is 0 Å². The number of rotatable bonds is 1. The molecule has 1 N–H and O–H groups in total. The summed E-state index contributed by atoms with van der Waals surface area (Å²) in [6.07, 6.45) is 6.05. The van der Waals surface area contributed by atoms with E-state index in [4.69, 9.17) is 9.47 Å². The highest BCUT2D eigenvalue weighted by molar-refractivity contribution is 5.83. The lowest BCUT2D eigenvalue weighted by molar-refractivity contribution is -0.178. The summed E-state index contributed by atoms with van der Waals surface area (Å²) in [4.78, 5) is 3.18. The summed E-state index contributed by atoms with van der Waals surface area (Å²) in [5, 5.41) is 1.14. The van der Waals surface area contributed by atoms with Crippen LogP contribution in [0.15, 0.2) is 24.4 Å². The molecule has 1 aliphatic heterocycles.